The van der Waals surface area contributed by atoms with Crippen LogP contribution >= 0.6 is 0 Å². The Morgan fingerprint density at radius 1 is 1.33 bits per heavy atom. The lowest BCUT2D eigenvalue weighted by Gasteiger charge is -2.32. The molecule has 0 aromatic rings. The van der Waals surface area contributed by atoms with E-state index in [0.717, 1.165) is 24.7 Å². The van der Waals surface area contributed by atoms with E-state index in [2.05, 4.69) is 19.9 Å². The van der Waals surface area contributed by atoms with Gasteiger partial charge in [-0.25, -0.2) is 0 Å². The van der Waals surface area contributed by atoms with Crippen molar-refractivity contribution in [3.05, 3.63) is 0 Å². The Kier molecular flexibility index (Phi) is 4.12. The number of hydrogen-bond acceptors (Lipinski definition) is 3. The number of nitriles is 1. The van der Waals surface area contributed by atoms with Crippen LogP contribution in [-0.4, -0.2) is 18.2 Å². The van der Waals surface area contributed by atoms with Gasteiger partial charge in [-0.2, -0.15) is 5.26 Å². The van der Waals surface area contributed by atoms with Crippen LogP contribution < -0.4 is 5.73 Å². The van der Waals surface area contributed by atoms with Crippen LogP contribution in [0.15, 0.2) is 0 Å². The number of nitrogens with two attached hydrogens (primary N) is 1. The summed E-state index contributed by atoms with van der Waals surface area (Å²) in [6, 6.07) is 2.06. The molecule has 1 rings (SSSR count). The number of hydrogen-bond donors (Lipinski definition) is 1. The first-order valence-electron chi connectivity index (χ1n) is 5.74. The van der Waals surface area contributed by atoms with Gasteiger partial charge in [-0.05, 0) is 38.0 Å². The zero-order chi connectivity index (χ0) is 11.5. The van der Waals surface area contributed by atoms with Gasteiger partial charge >= 0.3 is 0 Å². The van der Waals surface area contributed by atoms with Crippen LogP contribution in [-0.2, 0) is 4.74 Å². The molecule has 3 heteroatoms. The van der Waals surface area contributed by atoms with E-state index in [1.165, 1.54) is 6.42 Å². The van der Waals surface area contributed by atoms with E-state index in [0.29, 0.717) is 12.7 Å². The molecule has 1 fully saturated rings. The second kappa shape index (κ2) is 4.96. The van der Waals surface area contributed by atoms with Crippen molar-refractivity contribution < 1.29 is 4.74 Å². The first-order valence-corrected chi connectivity index (χ1v) is 5.74. The molecule has 86 valence electrons. The summed E-state index contributed by atoms with van der Waals surface area (Å²) in [5.41, 5.74) is 4.87. The molecule has 3 atom stereocenters. The van der Waals surface area contributed by atoms with Crippen LogP contribution in [0.3, 0.4) is 0 Å². The molecule has 2 N–H and O–H groups in total. The molecule has 0 aliphatic heterocycles. The van der Waals surface area contributed by atoms with Gasteiger partial charge in [-0.15, -0.1) is 0 Å². The standard InChI is InChI=1S/C12H22N2O/c1-9-4-10(2)6-11(5-9)15-8-12(3,14)7-13/h9-11H,4-6,8,14H2,1-3H3. The number of ether oxygens (including phenoxy) is 1. The maximum atomic E-state index is 8.77. The zero-order valence-corrected chi connectivity index (χ0v) is 9.99. The number of rotatable bonds is 3. The summed E-state index contributed by atoms with van der Waals surface area (Å²) in [7, 11) is 0. The highest BCUT2D eigenvalue weighted by Gasteiger charge is 2.27. The molecule has 0 bridgehead atoms. The molecule has 0 heterocycles. The van der Waals surface area contributed by atoms with E-state index in [9.17, 15) is 0 Å². The van der Waals surface area contributed by atoms with Crippen LogP contribution in [0.4, 0.5) is 0 Å². The van der Waals surface area contributed by atoms with Gasteiger partial charge in [0.2, 0.25) is 0 Å². The minimum Gasteiger partial charge on any atom is -0.375 e. The third kappa shape index (κ3) is 4.19. The molecule has 3 unspecified atom stereocenters. The van der Waals surface area contributed by atoms with Crippen LogP contribution in [0.1, 0.15) is 40.0 Å². The lowest BCUT2D eigenvalue weighted by atomic mass is 9.82. The highest BCUT2D eigenvalue weighted by atomic mass is 16.5. The van der Waals surface area contributed by atoms with Crippen molar-refractivity contribution in [2.75, 3.05) is 6.61 Å². The second-order valence-electron chi connectivity index (χ2n) is 5.38. The van der Waals surface area contributed by atoms with Gasteiger partial charge in [0, 0.05) is 0 Å². The maximum Gasteiger partial charge on any atom is 0.125 e. The highest BCUT2D eigenvalue weighted by molar-refractivity contribution is 5.01. The van der Waals surface area contributed by atoms with Crippen molar-refractivity contribution in [1.29, 1.82) is 5.26 Å². The van der Waals surface area contributed by atoms with Gasteiger partial charge in [-0.3, -0.25) is 0 Å². The Labute approximate surface area is 92.6 Å². The topological polar surface area (TPSA) is 59.0 Å². The second-order valence-corrected chi connectivity index (χ2v) is 5.38. The molecule has 0 spiro atoms. The maximum absolute atomic E-state index is 8.77. The fourth-order valence-electron chi connectivity index (χ4n) is 2.33. The molecule has 0 radical (unpaired) electrons. The predicted molar refractivity (Wildman–Crippen MR) is 60.1 cm³/mol. The smallest absolute Gasteiger partial charge is 0.125 e. The molecule has 3 nitrogen and oxygen atoms in total. The summed E-state index contributed by atoms with van der Waals surface area (Å²) in [6.45, 7) is 6.58. The molecule has 0 aromatic heterocycles. The molecule has 0 saturated heterocycles. The highest BCUT2D eigenvalue weighted by Crippen LogP contribution is 2.30. The van der Waals surface area contributed by atoms with E-state index in [4.69, 9.17) is 15.7 Å². The van der Waals surface area contributed by atoms with Crippen molar-refractivity contribution in [3.8, 4) is 6.07 Å². The average Bonchev–Trinajstić information content (AvgIpc) is 2.14. The summed E-state index contributed by atoms with van der Waals surface area (Å²) in [5.74, 6) is 1.45. The van der Waals surface area contributed by atoms with E-state index < -0.39 is 5.54 Å². The molecule has 1 aliphatic rings. The van der Waals surface area contributed by atoms with Crippen molar-refractivity contribution >= 4 is 0 Å². The predicted octanol–water partition coefficient (Wildman–Crippen LogP) is 2.07. The van der Waals surface area contributed by atoms with Gasteiger partial charge in [0.15, 0.2) is 0 Å². The van der Waals surface area contributed by atoms with Crippen molar-refractivity contribution in [2.24, 2.45) is 17.6 Å². The van der Waals surface area contributed by atoms with Gasteiger partial charge in [0.05, 0.1) is 18.8 Å². The van der Waals surface area contributed by atoms with E-state index >= 15 is 0 Å². The third-order valence-corrected chi connectivity index (χ3v) is 3.01. The first kappa shape index (κ1) is 12.5. The third-order valence-electron chi connectivity index (χ3n) is 3.01. The van der Waals surface area contributed by atoms with Crippen molar-refractivity contribution in [2.45, 2.75) is 51.7 Å². The summed E-state index contributed by atoms with van der Waals surface area (Å²) < 4.78 is 5.73. The molecule has 15 heavy (non-hydrogen) atoms. The van der Waals surface area contributed by atoms with Gasteiger partial charge in [0.1, 0.15) is 5.54 Å². The van der Waals surface area contributed by atoms with Gasteiger partial charge in [-0.1, -0.05) is 13.8 Å². The summed E-state index contributed by atoms with van der Waals surface area (Å²) >= 11 is 0. The van der Waals surface area contributed by atoms with E-state index in [1.54, 1.807) is 6.92 Å². The van der Waals surface area contributed by atoms with Crippen molar-refractivity contribution in [3.63, 3.8) is 0 Å². The molecular weight excluding hydrogens is 188 g/mol. The lowest BCUT2D eigenvalue weighted by Crippen LogP contribution is -2.41. The fraction of sp³-hybridized carbons (Fsp3) is 0.917. The normalized spacial score (nSPS) is 35.5. The Bertz CT molecular complexity index is 234. The molecule has 0 amide bonds. The minimum absolute atomic E-state index is 0.292. The largest absolute Gasteiger partial charge is 0.375 e. The van der Waals surface area contributed by atoms with E-state index in [1.807, 2.05) is 0 Å². The van der Waals surface area contributed by atoms with Crippen LogP contribution in [0.5, 0.6) is 0 Å². The quantitative estimate of drug-likeness (QED) is 0.775. The lowest BCUT2D eigenvalue weighted by molar-refractivity contribution is -0.0114. The Morgan fingerprint density at radius 3 is 2.33 bits per heavy atom. The number of nitrogens with zero attached hydrogens (tertiary/aromatic N) is 1. The van der Waals surface area contributed by atoms with Crippen molar-refractivity contribution in [1.82, 2.24) is 0 Å². The van der Waals surface area contributed by atoms with Crippen LogP contribution in [0, 0.1) is 23.2 Å². The Morgan fingerprint density at radius 2 is 1.87 bits per heavy atom. The van der Waals surface area contributed by atoms with E-state index in [-0.39, 0.29) is 0 Å². The average molecular weight is 210 g/mol. The molecule has 1 aliphatic carbocycles. The first-order chi connectivity index (χ1) is 6.93. The Hall–Kier alpha value is -0.590. The molecule has 1 saturated carbocycles. The van der Waals surface area contributed by atoms with Crippen LogP contribution in [0.2, 0.25) is 0 Å². The summed E-state index contributed by atoms with van der Waals surface area (Å²) in [6.07, 6.45) is 3.79. The summed E-state index contributed by atoms with van der Waals surface area (Å²) in [5, 5.41) is 8.77. The van der Waals surface area contributed by atoms with Gasteiger partial charge in [0.25, 0.3) is 0 Å². The van der Waals surface area contributed by atoms with Gasteiger partial charge < -0.3 is 10.5 Å². The SMILES string of the molecule is CC1CC(C)CC(OCC(C)(N)C#N)C1. The fourth-order valence-corrected chi connectivity index (χ4v) is 2.33. The van der Waals surface area contributed by atoms with Crippen LogP contribution in [0.25, 0.3) is 0 Å². The summed E-state index contributed by atoms with van der Waals surface area (Å²) in [4.78, 5) is 0. The molecular formula is C12H22N2O. The Balaban J connectivity index is 2.36. The monoisotopic (exact) mass is 210 g/mol. The zero-order valence-electron chi connectivity index (χ0n) is 9.99. The molecule has 0 aromatic carbocycles. The minimum atomic E-state index is -0.843.